The van der Waals surface area contributed by atoms with Gasteiger partial charge in [-0.2, -0.15) is 5.10 Å². The highest BCUT2D eigenvalue weighted by atomic mass is 15.3. The van der Waals surface area contributed by atoms with Crippen molar-refractivity contribution < 1.29 is 0 Å². The molecule has 1 aromatic rings. The zero-order valence-electron chi connectivity index (χ0n) is 10.7. The van der Waals surface area contributed by atoms with Crippen molar-refractivity contribution >= 4 is 11.5 Å². The Bertz CT molecular complexity index is 403. The van der Waals surface area contributed by atoms with Crippen LogP contribution in [0.1, 0.15) is 31.4 Å². The van der Waals surface area contributed by atoms with Crippen LogP contribution in [0, 0.1) is 24.7 Å². The van der Waals surface area contributed by atoms with Crippen LogP contribution in [0.4, 0.5) is 11.5 Å². The maximum atomic E-state index is 6.03. The lowest BCUT2D eigenvalue weighted by molar-refractivity contribution is 0.427. The number of rotatable bonds is 5. The van der Waals surface area contributed by atoms with Gasteiger partial charge in [-0.05, 0) is 50.4 Å². The van der Waals surface area contributed by atoms with Crippen LogP contribution >= 0.6 is 0 Å². The Hall–Kier alpha value is -1.19. The normalized spacial score (nSPS) is 19.9. The van der Waals surface area contributed by atoms with Crippen LogP contribution in [0.2, 0.25) is 0 Å². The number of hydrogen-bond donors (Lipinski definition) is 2. The minimum atomic E-state index is 0.804. The first-order chi connectivity index (χ1) is 8.16. The summed E-state index contributed by atoms with van der Waals surface area (Å²) in [6.45, 7) is 3.03. The predicted octanol–water partition coefficient (Wildman–Crippen LogP) is 2.16. The van der Waals surface area contributed by atoms with Gasteiger partial charge in [-0.25, -0.2) is 0 Å². The summed E-state index contributed by atoms with van der Waals surface area (Å²) in [7, 11) is 1.95. The molecule has 94 valence electrons. The zero-order valence-corrected chi connectivity index (χ0v) is 10.7. The lowest BCUT2D eigenvalue weighted by Gasteiger charge is -2.17. The van der Waals surface area contributed by atoms with Gasteiger partial charge < -0.3 is 11.1 Å². The van der Waals surface area contributed by atoms with Crippen molar-refractivity contribution in [2.24, 2.45) is 24.8 Å². The summed E-state index contributed by atoms with van der Waals surface area (Å²) >= 11 is 0. The molecule has 17 heavy (non-hydrogen) atoms. The van der Waals surface area contributed by atoms with Gasteiger partial charge in [0.25, 0.3) is 0 Å². The van der Waals surface area contributed by atoms with Crippen LogP contribution in [0.25, 0.3) is 0 Å². The average Bonchev–Trinajstić information content (AvgIpc) is 3.14. The van der Waals surface area contributed by atoms with Crippen molar-refractivity contribution in [3.8, 4) is 0 Å². The van der Waals surface area contributed by atoms with E-state index in [-0.39, 0.29) is 0 Å². The summed E-state index contributed by atoms with van der Waals surface area (Å²) in [4.78, 5) is 0. The van der Waals surface area contributed by atoms with Crippen molar-refractivity contribution in [2.75, 3.05) is 17.6 Å². The Kier molecular flexibility index (Phi) is 2.53. The van der Waals surface area contributed by atoms with E-state index in [1.807, 2.05) is 18.7 Å². The fourth-order valence-electron chi connectivity index (χ4n) is 2.87. The lowest BCUT2D eigenvalue weighted by Crippen LogP contribution is -2.20. The summed E-state index contributed by atoms with van der Waals surface area (Å²) in [5.41, 5.74) is 7.75. The number of aromatic nitrogens is 2. The van der Waals surface area contributed by atoms with E-state index in [0.29, 0.717) is 0 Å². The van der Waals surface area contributed by atoms with Gasteiger partial charge in [0, 0.05) is 13.6 Å². The number of nitrogen functional groups attached to an aromatic ring is 1. The Labute approximate surface area is 103 Å². The van der Waals surface area contributed by atoms with E-state index in [4.69, 9.17) is 5.73 Å². The molecule has 0 aromatic carbocycles. The summed E-state index contributed by atoms with van der Waals surface area (Å²) in [6.07, 6.45) is 5.73. The second kappa shape index (κ2) is 3.93. The van der Waals surface area contributed by atoms with Gasteiger partial charge in [0.05, 0.1) is 11.4 Å². The second-order valence-electron chi connectivity index (χ2n) is 5.69. The number of nitrogens with one attached hydrogen (secondary N) is 1. The molecule has 2 aliphatic carbocycles. The Morgan fingerprint density at radius 3 is 2.35 bits per heavy atom. The highest BCUT2D eigenvalue weighted by Gasteiger charge is 2.41. The molecule has 4 nitrogen and oxygen atoms in total. The molecule has 0 unspecified atom stereocenters. The molecule has 0 spiro atoms. The zero-order chi connectivity index (χ0) is 12.0. The third-order valence-electron chi connectivity index (χ3n) is 4.23. The monoisotopic (exact) mass is 234 g/mol. The summed E-state index contributed by atoms with van der Waals surface area (Å²) in [5, 5.41) is 7.86. The number of anilines is 2. The van der Waals surface area contributed by atoms with Crippen molar-refractivity contribution in [3.63, 3.8) is 0 Å². The summed E-state index contributed by atoms with van der Waals surface area (Å²) in [6, 6.07) is 0. The highest BCUT2D eigenvalue weighted by Crippen LogP contribution is 2.49. The van der Waals surface area contributed by atoms with E-state index in [0.717, 1.165) is 41.5 Å². The van der Waals surface area contributed by atoms with Crippen LogP contribution in [-0.2, 0) is 7.05 Å². The second-order valence-corrected chi connectivity index (χ2v) is 5.69. The molecule has 3 N–H and O–H groups in total. The molecule has 0 aliphatic heterocycles. The molecule has 2 fully saturated rings. The first-order valence-electron chi connectivity index (χ1n) is 6.69. The topological polar surface area (TPSA) is 55.9 Å². The highest BCUT2D eigenvalue weighted by molar-refractivity contribution is 5.64. The standard InChI is InChI=1S/C13H22N4/c1-8-12(14)13(17(2)16-8)15-7-11(9-3-4-9)10-5-6-10/h9-11,15H,3-7,14H2,1-2H3. The number of nitrogens with two attached hydrogens (primary N) is 1. The Balaban J connectivity index is 1.65. The van der Waals surface area contributed by atoms with Crippen LogP contribution < -0.4 is 11.1 Å². The molecule has 2 saturated carbocycles. The first-order valence-corrected chi connectivity index (χ1v) is 6.69. The molecule has 0 radical (unpaired) electrons. The number of aryl methyl sites for hydroxylation is 2. The fraction of sp³-hybridized carbons (Fsp3) is 0.769. The van der Waals surface area contributed by atoms with E-state index in [1.165, 1.54) is 25.7 Å². The molecule has 0 bridgehead atoms. The molecule has 0 saturated heterocycles. The molecule has 0 atom stereocenters. The fourth-order valence-corrected chi connectivity index (χ4v) is 2.87. The smallest absolute Gasteiger partial charge is 0.147 e. The van der Waals surface area contributed by atoms with E-state index in [2.05, 4.69) is 10.4 Å². The minimum absolute atomic E-state index is 0.804. The lowest BCUT2D eigenvalue weighted by atomic mass is 9.98. The summed E-state index contributed by atoms with van der Waals surface area (Å²) < 4.78 is 1.86. The maximum absolute atomic E-state index is 6.03. The first kappa shape index (κ1) is 10.9. The van der Waals surface area contributed by atoms with Gasteiger partial charge in [0.1, 0.15) is 5.82 Å². The molecular formula is C13H22N4. The molecule has 0 amide bonds. The van der Waals surface area contributed by atoms with Gasteiger partial charge in [0.2, 0.25) is 0 Å². The molecule has 2 aliphatic rings. The van der Waals surface area contributed by atoms with Crippen LogP contribution in [0.5, 0.6) is 0 Å². The maximum Gasteiger partial charge on any atom is 0.147 e. The predicted molar refractivity (Wildman–Crippen MR) is 69.8 cm³/mol. The van der Waals surface area contributed by atoms with Crippen LogP contribution in [-0.4, -0.2) is 16.3 Å². The quantitative estimate of drug-likeness (QED) is 0.821. The van der Waals surface area contributed by atoms with E-state index in [1.54, 1.807) is 0 Å². The third-order valence-corrected chi connectivity index (χ3v) is 4.23. The van der Waals surface area contributed by atoms with E-state index < -0.39 is 0 Å². The average molecular weight is 234 g/mol. The van der Waals surface area contributed by atoms with Crippen molar-refractivity contribution in [1.29, 1.82) is 0 Å². The molecule has 1 aromatic heterocycles. The Morgan fingerprint density at radius 2 is 1.94 bits per heavy atom. The van der Waals surface area contributed by atoms with Gasteiger partial charge in [-0.15, -0.1) is 0 Å². The van der Waals surface area contributed by atoms with Crippen molar-refractivity contribution in [2.45, 2.75) is 32.6 Å². The molecule has 3 rings (SSSR count). The van der Waals surface area contributed by atoms with Crippen molar-refractivity contribution in [3.05, 3.63) is 5.69 Å². The number of nitrogens with zero attached hydrogens (tertiary/aromatic N) is 2. The molecular weight excluding hydrogens is 212 g/mol. The van der Waals surface area contributed by atoms with Gasteiger partial charge in [-0.1, -0.05) is 0 Å². The van der Waals surface area contributed by atoms with Crippen LogP contribution in [0.3, 0.4) is 0 Å². The summed E-state index contributed by atoms with van der Waals surface area (Å²) in [5.74, 6) is 3.81. The molecule has 4 heteroatoms. The van der Waals surface area contributed by atoms with E-state index >= 15 is 0 Å². The molecule has 1 heterocycles. The van der Waals surface area contributed by atoms with Gasteiger partial charge in [-0.3, -0.25) is 4.68 Å². The van der Waals surface area contributed by atoms with Gasteiger partial charge >= 0.3 is 0 Å². The Morgan fingerprint density at radius 1 is 1.35 bits per heavy atom. The minimum Gasteiger partial charge on any atom is -0.394 e. The largest absolute Gasteiger partial charge is 0.394 e. The van der Waals surface area contributed by atoms with Gasteiger partial charge in [0.15, 0.2) is 0 Å². The van der Waals surface area contributed by atoms with Crippen LogP contribution in [0.15, 0.2) is 0 Å². The van der Waals surface area contributed by atoms with Crippen molar-refractivity contribution in [1.82, 2.24) is 9.78 Å². The van der Waals surface area contributed by atoms with E-state index in [9.17, 15) is 0 Å². The number of hydrogen-bond acceptors (Lipinski definition) is 3. The third kappa shape index (κ3) is 2.13. The SMILES string of the molecule is Cc1nn(C)c(NCC(C2CC2)C2CC2)c1N.